The first-order valence-corrected chi connectivity index (χ1v) is 3.93. The van der Waals surface area contributed by atoms with E-state index in [1.165, 1.54) is 0 Å². The lowest BCUT2D eigenvalue weighted by Gasteiger charge is -2.21. The van der Waals surface area contributed by atoms with Crippen molar-refractivity contribution in [3.05, 3.63) is 0 Å². The molecule has 1 unspecified atom stereocenters. The first-order chi connectivity index (χ1) is 5.39. The molecular formula is C5H12N2O3S2. The standard InChI is InChI=1S/C5H12N2O3S2/c1-5(6,2-8)3-10-4(9)7(11)12/h8,11-12H,2-3,6H2,1H3. The Hall–Kier alpha value is -0.110. The Kier molecular flexibility index (Phi) is 4.76. The minimum absolute atomic E-state index is 0.0834. The number of aliphatic hydroxyl groups excluding tert-OH is 1. The number of rotatable bonds is 3. The lowest BCUT2D eigenvalue weighted by atomic mass is 10.1. The number of carbonyl (C=O) groups is 1. The molecule has 0 saturated carbocycles. The van der Waals surface area contributed by atoms with Crippen LogP contribution >= 0.6 is 25.6 Å². The van der Waals surface area contributed by atoms with Gasteiger partial charge < -0.3 is 15.6 Å². The predicted octanol–water partition coefficient (Wildman–Crippen LogP) is -0.176. The van der Waals surface area contributed by atoms with Crippen molar-refractivity contribution in [1.82, 2.24) is 3.71 Å². The molecule has 5 nitrogen and oxygen atoms in total. The van der Waals surface area contributed by atoms with Gasteiger partial charge in [-0.15, -0.1) is 0 Å². The molecule has 0 bridgehead atoms. The number of ether oxygens (including phenoxy) is 1. The Labute approximate surface area is 81.9 Å². The normalized spacial score (nSPS) is 15.1. The van der Waals surface area contributed by atoms with Crippen LogP contribution in [0.4, 0.5) is 4.79 Å². The van der Waals surface area contributed by atoms with E-state index >= 15 is 0 Å². The first-order valence-electron chi connectivity index (χ1n) is 3.13. The van der Waals surface area contributed by atoms with Crippen LogP contribution in [0.25, 0.3) is 0 Å². The van der Waals surface area contributed by atoms with Crippen LogP contribution in [0.15, 0.2) is 0 Å². The van der Waals surface area contributed by atoms with Crippen molar-refractivity contribution in [2.24, 2.45) is 5.73 Å². The third-order valence-corrected chi connectivity index (χ3v) is 1.38. The predicted molar refractivity (Wildman–Crippen MR) is 50.8 cm³/mol. The van der Waals surface area contributed by atoms with Crippen LogP contribution in [-0.2, 0) is 4.74 Å². The van der Waals surface area contributed by atoms with Crippen LogP contribution in [0.1, 0.15) is 6.92 Å². The molecule has 0 aromatic carbocycles. The van der Waals surface area contributed by atoms with Crippen LogP contribution < -0.4 is 5.73 Å². The summed E-state index contributed by atoms with van der Waals surface area (Å²) in [7, 11) is 0. The van der Waals surface area contributed by atoms with Gasteiger partial charge in [0, 0.05) is 0 Å². The average molecular weight is 212 g/mol. The van der Waals surface area contributed by atoms with Gasteiger partial charge in [-0.2, -0.15) is 3.71 Å². The number of nitrogens with zero attached hydrogens (tertiary/aromatic N) is 1. The van der Waals surface area contributed by atoms with Gasteiger partial charge in [-0.1, -0.05) is 0 Å². The van der Waals surface area contributed by atoms with Gasteiger partial charge in [-0.3, -0.25) is 0 Å². The molecule has 0 aliphatic heterocycles. The Morgan fingerprint density at radius 3 is 2.58 bits per heavy atom. The van der Waals surface area contributed by atoms with Gasteiger partial charge in [-0.05, 0) is 32.6 Å². The van der Waals surface area contributed by atoms with Crippen molar-refractivity contribution < 1.29 is 14.6 Å². The van der Waals surface area contributed by atoms with E-state index in [1.807, 2.05) is 0 Å². The minimum atomic E-state index is -0.923. The molecule has 0 fully saturated rings. The highest BCUT2D eigenvalue weighted by atomic mass is 32.2. The highest BCUT2D eigenvalue weighted by Crippen LogP contribution is 2.04. The molecule has 3 N–H and O–H groups in total. The molecule has 0 saturated heterocycles. The van der Waals surface area contributed by atoms with E-state index in [1.54, 1.807) is 6.92 Å². The van der Waals surface area contributed by atoms with Gasteiger partial charge in [0.05, 0.1) is 12.1 Å². The highest BCUT2D eigenvalue weighted by Gasteiger charge is 2.20. The second-order valence-electron chi connectivity index (χ2n) is 2.66. The first kappa shape index (κ1) is 11.9. The van der Waals surface area contributed by atoms with Crippen LogP contribution in [-0.4, -0.2) is 33.7 Å². The lowest BCUT2D eigenvalue weighted by Crippen LogP contribution is -2.45. The number of thiol groups is 2. The molecule has 1 atom stereocenters. The topological polar surface area (TPSA) is 75.8 Å². The Morgan fingerprint density at radius 1 is 1.75 bits per heavy atom. The van der Waals surface area contributed by atoms with Crippen molar-refractivity contribution >= 4 is 31.7 Å². The smallest absolute Gasteiger partial charge is 0.429 e. The van der Waals surface area contributed by atoms with E-state index < -0.39 is 11.6 Å². The fourth-order valence-corrected chi connectivity index (χ4v) is 0.445. The van der Waals surface area contributed by atoms with Gasteiger partial charge in [0.1, 0.15) is 6.61 Å². The Morgan fingerprint density at radius 2 is 2.25 bits per heavy atom. The fourth-order valence-electron chi connectivity index (χ4n) is 0.330. The third kappa shape index (κ3) is 4.70. The molecule has 12 heavy (non-hydrogen) atoms. The maximum atomic E-state index is 10.7. The Bertz CT molecular complexity index is 163. The second kappa shape index (κ2) is 4.80. The number of amides is 1. The zero-order valence-electron chi connectivity index (χ0n) is 6.60. The van der Waals surface area contributed by atoms with Crippen LogP contribution in [0, 0.1) is 0 Å². The number of hydrogen-bond donors (Lipinski definition) is 4. The molecule has 7 heteroatoms. The van der Waals surface area contributed by atoms with Crippen molar-refractivity contribution in [3.63, 3.8) is 0 Å². The molecule has 72 valence electrons. The van der Waals surface area contributed by atoms with Gasteiger partial charge >= 0.3 is 6.09 Å². The van der Waals surface area contributed by atoms with Gasteiger partial charge in [0.15, 0.2) is 0 Å². The summed E-state index contributed by atoms with van der Waals surface area (Å²) in [5.74, 6) is 0. The highest BCUT2D eigenvalue weighted by molar-refractivity contribution is 7.94. The molecule has 0 rings (SSSR count). The molecule has 0 spiro atoms. The SMILES string of the molecule is CC(N)(CO)COC(=O)N(S)S. The van der Waals surface area contributed by atoms with Gasteiger partial charge in [0.25, 0.3) is 0 Å². The number of nitrogens with two attached hydrogens (primary N) is 1. The lowest BCUT2D eigenvalue weighted by molar-refractivity contribution is 0.0920. The van der Waals surface area contributed by atoms with E-state index in [-0.39, 0.29) is 13.2 Å². The second-order valence-corrected chi connectivity index (χ2v) is 3.77. The van der Waals surface area contributed by atoms with E-state index in [0.717, 1.165) is 0 Å². The van der Waals surface area contributed by atoms with Crippen LogP contribution in [0.5, 0.6) is 0 Å². The van der Waals surface area contributed by atoms with Gasteiger partial charge in [-0.25, -0.2) is 4.79 Å². The van der Waals surface area contributed by atoms with E-state index in [4.69, 9.17) is 10.8 Å². The Balaban J connectivity index is 3.76. The van der Waals surface area contributed by atoms with Crippen molar-refractivity contribution in [2.45, 2.75) is 12.5 Å². The number of hydrogen-bond acceptors (Lipinski definition) is 6. The molecule has 1 amide bonds. The maximum absolute atomic E-state index is 10.7. The van der Waals surface area contributed by atoms with Crippen molar-refractivity contribution in [2.75, 3.05) is 13.2 Å². The van der Waals surface area contributed by atoms with E-state index in [9.17, 15) is 4.79 Å². The summed E-state index contributed by atoms with van der Waals surface area (Å²) in [6.45, 7) is 1.21. The molecule has 0 aromatic heterocycles. The summed E-state index contributed by atoms with van der Waals surface area (Å²) in [6.07, 6.45) is -0.730. The average Bonchev–Trinajstić information content (AvgIpc) is 2.00. The quantitative estimate of drug-likeness (QED) is 0.490. The van der Waals surface area contributed by atoms with Crippen LogP contribution in [0.2, 0.25) is 0 Å². The molecule has 0 aliphatic rings. The molecule has 0 aliphatic carbocycles. The van der Waals surface area contributed by atoms with E-state index in [0.29, 0.717) is 3.71 Å². The summed E-state index contributed by atoms with van der Waals surface area (Å²) in [5, 5.41) is 8.68. The van der Waals surface area contributed by atoms with E-state index in [2.05, 4.69) is 30.4 Å². The zero-order chi connectivity index (χ0) is 9.78. The minimum Gasteiger partial charge on any atom is -0.446 e. The fraction of sp³-hybridized carbons (Fsp3) is 0.800. The largest absolute Gasteiger partial charge is 0.446 e. The molecule has 0 radical (unpaired) electrons. The maximum Gasteiger partial charge on any atom is 0.429 e. The number of carbonyl (C=O) groups excluding carboxylic acids is 1. The summed E-state index contributed by atoms with van der Waals surface area (Å²) < 4.78 is 5.30. The van der Waals surface area contributed by atoms with Gasteiger partial charge in [0.2, 0.25) is 0 Å². The number of aliphatic hydroxyl groups is 1. The third-order valence-electron chi connectivity index (χ3n) is 1.05. The monoisotopic (exact) mass is 212 g/mol. The van der Waals surface area contributed by atoms with Crippen LogP contribution in [0.3, 0.4) is 0 Å². The zero-order valence-corrected chi connectivity index (χ0v) is 8.39. The molecule has 0 heterocycles. The van der Waals surface area contributed by atoms with Crippen molar-refractivity contribution in [3.8, 4) is 0 Å². The summed E-state index contributed by atoms with van der Waals surface area (Å²) in [6, 6.07) is 0. The molecular weight excluding hydrogens is 200 g/mol. The summed E-state index contributed by atoms with van der Waals surface area (Å²) in [4.78, 5) is 10.7. The molecule has 0 aromatic rings. The summed E-state index contributed by atoms with van der Waals surface area (Å²) in [5.41, 5.74) is 4.55. The van der Waals surface area contributed by atoms with Crippen molar-refractivity contribution in [1.29, 1.82) is 0 Å². The summed E-state index contributed by atoms with van der Waals surface area (Å²) >= 11 is 7.14.